The molecule has 3 nitrogen and oxygen atoms in total. The van der Waals surface area contributed by atoms with E-state index in [0.29, 0.717) is 5.92 Å². The number of hydrogen-bond donors (Lipinski definition) is 1. The standard InChI is InChI=1S/C15H16N2O/c16-14-7-11(8-17-9-14)5-12-6-13-3-1-2-4-15(13)18-10-12/h1-4,7-9,12H,5-6,10,16H2. The van der Waals surface area contributed by atoms with E-state index in [1.807, 2.05) is 24.4 Å². The molecule has 1 unspecified atom stereocenters. The van der Waals surface area contributed by atoms with E-state index in [4.69, 9.17) is 10.5 Å². The Morgan fingerprint density at radius 1 is 1.28 bits per heavy atom. The maximum atomic E-state index is 5.79. The van der Waals surface area contributed by atoms with Gasteiger partial charge in [-0.05, 0) is 36.1 Å². The Balaban J connectivity index is 1.73. The number of rotatable bonds is 2. The van der Waals surface area contributed by atoms with E-state index >= 15 is 0 Å². The molecule has 2 heterocycles. The molecule has 1 aromatic heterocycles. The molecule has 0 amide bonds. The molecule has 1 aromatic carbocycles. The lowest BCUT2D eigenvalue weighted by molar-refractivity contribution is 0.221. The van der Waals surface area contributed by atoms with Gasteiger partial charge in [0.25, 0.3) is 0 Å². The van der Waals surface area contributed by atoms with Crippen molar-refractivity contribution in [1.29, 1.82) is 0 Å². The predicted octanol–water partition coefficient (Wildman–Crippen LogP) is 2.46. The van der Waals surface area contributed by atoms with Gasteiger partial charge in [-0.3, -0.25) is 4.98 Å². The van der Waals surface area contributed by atoms with Crippen molar-refractivity contribution in [3.8, 4) is 5.75 Å². The molecule has 2 N–H and O–H groups in total. The summed E-state index contributed by atoms with van der Waals surface area (Å²) in [4.78, 5) is 4.13. The lowest BCUT2D eigenvalue weighted by atomic mass is 9.91. The van der Waals surface area contributed by atoms with Gasteiger partial charge in [0.1, 0.15) is 5.75 Å². The molecule has 2 aromatic rings. The van der Waals surface area contributed by atoms with Crippen LogP contribution < -0.4 is 10.5 Å². The van der Waals surface area contributed by atoms with Crippen LogP contribution in [0.5, 0.6) is 5.75 Å². The highest BCUT2D eigenvalue weighted by Crippen LogP contribution is 2.28. The Morgan fingerprint density at radius 2 is 2.17 bits per heavy atom. The van der Waals surface area contributed by atoms with E-state index < -0.39 is 0 Å². The highest BCUT2D eigenvalue weighted by molar-refractivity contribution is 5.38. The van der Waals surface area contributed by atoms with Crippen molar-refractivity contribution >= 4 is 5.69 Å². The molecule has 0 aliphatic carbocycles. The first-order valence-corrected chi connectivity index (χ1v) is 6.21. The van der Waals surface area contributed by atoms with Crippen LogP contribution in [-0.4, -0.2) is 11.6 Å². The second kappa shape index (κ2) is 4.69. The molecule has 3 rings (SSSR count). The number of nitrogen functional groups attached to an aromatic ring is 1. The van der Waals surface area contributed by atoms with Gasteiger partial charge < -0.3 is 10.5 Å². The van der Waals surface area contributed by atoms with Gasteiger partial charge in [-0.2, -0.15) is 0 Å². The van der Waals surface area contributed by atoms with Crippen LogP contribution in [0.1, 0.15) is 11.1 Å². The minimum absolute atomic E-state index is 0.503. The van der Waals surface area contributed by atoms with Crippen molar-refractivity contribution in [2.24, 2.45) is 5.92 Å². The van der Waals surface area contributed by atoms with Crippen molar-refractivity contribution in [3.05, 3.63) is 53.9 Å². The van der Waals surface area contributed by atoms with Gasteiger partial charge in [-0.15, -0.1) is 0 Å². The Labute approximate surface area is 107 Å². The van der Waals surface area contributed by atoms with Crippen LogP contribution in [0.2, 0.25) is 0 Å². The summed E-state index contributed by atoms with van der Waals surface area (Å²) >= 11 is 0. The zero-order chi connectivity index (χ0) is 12.4. The van der Waals surface area contributed by atoms with E-state index in [-0.39, 0.29) is 0 Å². The molecule has 0 saturated heterocycles. The summed E-state index contributed by atoms with van der Waals surface area (Å²) in [5, 5.41) is 0. The summed E-state index contributed by atoms with van der Waals surface area (Å²) in [7, 11) is 0. The summed E-state index contributed by atoms with van der Waals surface area (Å²) in [6.45, 7) is 0.770. The van der Waals surface area contributed by atoms with Crippen LogP contribution in [0, 0.1) is 5.92 Å². The summed E-state index contributed by atoms with van der Waals surface area (Å²) < 4.78 is 5.79. The van der Waals surface area contributed by atoms with E-state index in [1.54, 1.807) is 6.20 Å². The number of para-hydroxylation sites is 1. The van der Waals surface area contributed by atoms with Crippen LogP contribution in [0.4, 0.5) is 5.69 Å². The van der Waals surface area contributed by atoms with E-state index in [9.17, 15) is 0 Å². The lowest BCUT2D eigenvalue weighted by Crippen LogP contribution is -2.22. The fraction of sp³-hybridized carbons (Fsp3) is 0.267. The second-order valence-corrected chi connectivity index (χ2v) is 4.82. The highest BCUT2D eigenvalue weighted by atomic mass is 16.5. The first-order valence-electron chi connectivity index (χ1n) is 6.21. The number of aromatic nitrogens is 1. The number of nitrogens with zero attached hydrogens (tertiary/aromatic N) is 1. The van der Waals surface area contributed by atoms with Gasteiger partial charge >= 0.3 is 0 Å². The number of benzene rings is 1. The molecule has 1 aliphatic heterocycles. The summed E-state index contributed by atoms with van der Waals surface area (Å²) in [6, 6.07) is 10.2. The number of anilines is 1. The third kappa shape index (κ3) is 2.30. The molecule has 1 aliphatic rings. The largest absolute Gasteiger partial charge is 0.493 e. The zero-order valence-electron chi connectivity index (χ0n) is 10.2. The molecule has 92 valence electrons. The minimum atomic E-state index is 0.503. The Hall–Kier alpha value is -2.03. The number of fused-ring (bicyclic) bond motifs is 1. The normalized spacial score (nSPS) is 17.9. The highest BCUT2D eigenvalue weighted by Gasteiger charge is 2.19. The Kier molecular flexibility index (Phi) is 2.89. The van der Waals surface area contributed by atoms with Crippen LogP contribution in [0.3, 0.4) is 0 Å². The number of nitrogens with two attached hydrogens (primary N) is 1. The first kappa shape index (κ1) is 11.1. The van der Waals surface area contributed by atoms with Crippen LogP contribution in [0.15, 0.2) is 42.7 Å². The third-order valence-electron chi connectivity index (χ3n) is 3.30. The zero-order valence-corrected chi connectivity index (χ0v) is 10.2. The fourth-order valence-corrected chi connectivity index (χ4v) is 2.47. The predicted molar refractivity (Wildman–Crippen MR) is 71.5 cm³/mol. The molecule has 0 spiro atoms. The van der Waals surface area contributed by atoms with Crippen LogP contribution >= 0.6 is 0 Å². The van der Waals surface area contributed by atoms with E-state index in [1.165, 1.54) is 11.1 Å². The van der Waals surface area contributed by atoms with E-state index in [0.717, 1.165) is 30.9 Å². The average Bonchev–Trinajstić information content (AvgIpc) is 2.39. The molecule has 0 bridgehead atoms. The number of hydrogen-bond acceptors (Lipinski definition) is 3. The topological polar surface area (TPSA) is 48.1 Å². The monoisotopic (exact) mass is 240 g/mol. The van der Waals surface area contributed by atoms with Gasteiger partial charge in [0.05, 0.1) is 12.3 Å². The van der Waals surface area contributed by atoms with Gasteiger partial charge in [0.15, 0.2) is 0 Å². The van der Waals surface area contributed by atoms with E-state index in [2.05, 4.69) is 17.1 Å². The Bertz CT molecular complexity index is 554. The summed E-state index contributed by atoms with van der Waals surface area (Å²) in [5.74, 6) is 1.53. The van der Waals surface area contributed by atoms with Gasteiger partial charge in [-0.25, -0.2) is 0 Å². The summed E-state index contributed by atoms with van der Waals surface area (Å²) in [6.07, 6.45) is 5.59. The van der Waals surface area contributed by atoms with Crippen LogP contribution in [-0.2, 0) is 12.8 Å². The molecule has 3 heteroatoms. The quantitative estimate of drug-likeness (QED) is 0.877. The molecule has 1 atom stereocenters. The van der Waals surface area contributed by atoms with Gasteiger partial charge in [0, 0.05) is 18.3 Å². The molecule has 0 radical (unpaired) electrons. The van der Waals surface area contributed by atoms with Gasteiger partial charge in [0.2, 0.25) is 0 Å². The fourth-order valence-electron chi connectivity index (χ4n) is 2.47. The number of pyridine rings is 1. The van der Waals surface area contributed by atoms with Crippen molar-refractivity contribution in [2.45, 2.75) is 12.8 Å². The lowest BCUT2D eigenvalue weighted by Gasteiger charge is -2.25. The Morgan fingerprint density at radius 3 is 3.06 bits per heavy atom. The van der Waals surface area contributed by atoms with Crippen molar-refractivity contribution in [3.63, 3.8) is 0 Å². The van der Waals surface area contributed by atoms with Crippen molar-refractivity contribution in [1.82, 2.24) is 4.98 Å². The maximum absolute atomic E-state index is 5.79. The third-order valence-corrected chi connectivity index (χ3v) is 3.30. The molecular formula is C15H16N2O. The van der Waals surface area contributed by atoms with Crippen LogP contribution in [0.25, 0.3) is 0 Å². The first-order chi connectivity index (χ1) is 8.81. The summed E-state index contributed by atoms with van der Waals surface area (Å²) in [5.41, 5.74) is 8.95. The van der Waals surface area contributed by atoms with Gasteiger partial charge in [-0.1, -0.05) is 18.2 Å². The molecule has 18 heavy (non-hydrogen) atoms. The second-order valence-electron chi connectivity index (χ2n) is 4.82. The molecular weight excluding hydrogens is 224 g/mol. The van der Waals surface area contributed by atoms with Crippen molar-refractivity contribution < 1.29 is 4.74 Å². The maximum Gasteiger partial charge on any atom is 0.122 e. The molecule has 0 saturated carbocycles. The smallest absolute Gasteiger partial charge is 0.122 e. The number of ether oxygens (including phenoxy) is 1. The molecule has 0 fully saturated rings. The average molecular weight is 240 g/mol. The van der Waals surface area contributed by atoms with Crippen molar-refractivity contribution in [2.75, 3.05) is 12.3 Å². The minimum Gasteiger partial charge on any atom is -0.493 e. The SMILES string of the molecule is Nc1cncc(CC2COc3ccccc3C2)c1.